The third-order valence-electron chi connectivity index (χ3n) is 16.2. The Morgan fingerprint density at radius 1 is 0.607 bits per heavy atom. The number of fused-ring (bicyclic) bond motifs is 5. The average molecular weight is 789 g/mol. The van der Waals surface area contributed by atoms with Crippen molar-refractivity contribution in [2.24, 2.45) is 63.5 Å². The fraction of sp³-hybridized carbons (Fsp3) is 1.00. The van der Waals surface area contributed by atoms with Crippen molar-refractivity contribution in [3.63, 3.8) is 0 Å². The Hall–Kier alpha value is -0.280. The predicted octanol–water partition coefficient (Wildman–Crippen LogP) is 10.6. The summed E-state index contributed by atoms with van der Waals surface area (Å²) in [5.41, 5.74) is 18.3. The highest BCUT2D eigenvalue weighted by molar-refractivity contribution is 5.15. The van der Waals surface area contributed by atoms with Crippen LogP contribution in [0.4, 0.5) is 0 Å². The molecule has 4 aliphatic rings. The second kappa shape index (κ2) is 26.8. The van der Waals surface area contributed by atoms with Crippen molar-refractivity contribution in [3.8, 4) is 0 Å². The minimum Gasteiger partial charge on any atom is -0.378 e. The van der Waals surface area contributed by atoms with Crippen LogP contribution in [0.15, 0.2) is 0 Å². The molecule has 4 saturated carbocycles. The fourth-order valence-electron chi connectivity index (χ4n) is 12.9. The van der Waals surface area contributed by atoms with Crippen LogP contribution in [-0.4, -0.2) is 70.9 Å². The van der Waals surface area contributed by atoms with E-state index in [2.05, 4.69) is 33.0 Å². The van der Waals surface area contributed by atoms with Gasteiger partial charge in [0.1, 0.15) is 0 Å². The molecule has 0 bridgehead atoms. The molecule has 0 aliphatic heterocycles. The van der Waals surface area contributed by atoms with Gasteiger partial charge in [-0.3, -0.25) is 0 Å². The Bertz CT molecular complexity index is 1000. The highest BCUT2D eigenvalue weighted by Crippen LogP contribution is 2.69. The predicted molar refractivity (Wildman–Crippen MR) is 238 cm³/mol. The fourth-order valence-corrected chi connectivity index (χ4v) is 12.9. The first-order chi connectivity index (χ1) is 27.3. The van der Waals surface area contributed by atoms with Gasteiger partial charge in [-0.25, -0.2) is 0 Å². The molecule has 0 amide bonds. The monoisotopic (exact) mass is 789 g/mol. The highest BCUT2D eigenvalue weighted by atomic mass is 16.5. The molecule has 7 nitrogen and oxygen atoms in total. The minimum absolute atomic E-state index is 0.179. The van der Waals surface area contributed by atoms with Gasteiger partial charge in [-0.1, -0.05) is 111 Å². The molecule has 7 N–H and O–H groups in total. The largest absolute Gasteiger partial charge is 0.378 e. The van der Waals surface area contributed by atoms with Gasteiger partial charge in [0.05, 0.1) is 18.3 Å². The molecule has 11 atom stereocenters. The summed E-state index contributed by atoms with van der Waals surface area (Å²) in [6.45, 7) is 17.0. The van der Waals surface area contributed by atoms with E-state index in [1.807, 2.05) is 0 Å². The van der Waals surface area contributed by atoms with Crippen molar-refractivity contribution in [1.82, 2.24) is 5.32 Å². The van der Waals surface area contributed by atoms with Gasteiger partial charge in [0.15, 0.2) is 0 Å². The molecule has 0 aromatic carbocycles. The molecular weight excluding hydrogens is 693 g/mol. The summed E-state index contributed by atoms with van der Waals surface area (Å²) in [5.74, 6) is 3.91. The van der Waals surface area contributed by atoms with Crippen LogP contribution in [-0.2, 0) is 14.2 Å². The Labute approximate surface area is 347 Å². The van der Waals surface area contributed by atoms with Gasteiger partial charge in [-0.05, 0) is 157 Å². The van der Waals surface area contributed by atoms with Gasteiger partial charge in [0, 0.05) is 25.2 Å². The topological polar surface area (TPSA) is 118 Å². The summed E-state index contributed by atoms with van der Waals surface area (Å²) in [6, 6.07) is 0. The van der Waals surface area contributed by atoms with Crippen LogP contribution >= 0.6 is 0 Å². The van der Waals surface area contributed by atoms with Crippen molar-refractivity contribution < 1.29 is 14.2 Å². The average Bonchev–Trinajstić information content (AvgIpc) is 3.56. The number of nitrogens with one attached hydrogen (secondary N) is 1. The number of unbranched alkanes of at least 4 members (excludes halogenated alkanes) is 13. The maximum absolute atomic E-state index is 7.07. The summed E-state index contributed by atoms with van der Waals surface area (Å²) >= 11 is 0. The molecule has 56 heavy (non-hydrogen) atoms. The third-order valence-corrected chi connectivity index (χ3v) is 16.2. The van der Waals surface area contributed by atoms with Crippen LogP contribution in [0.2, 0.25) is 0 Å². The van der Waals surface area contributed by atoms with Crippen LogP contribution in [0.3, 0.4) is 0 Å². The molecule has 0 radical (unpaired) electrons. The first-order valence-electron chi connectivity index (χ1n) is 25.0. The molecule has 4 rings (SSSR count). The zero-order chi connectivity index (χ0) is 40.1. The van der Waals surface area contributed by atoms with E-state index in [4.69, 9.17) is 31.4 Å². The first kappa shape index (κ1) is 48.4. The van der Waals surface area contributed by atoms with Crippen molar-refractivity contribution in [3.05, 3.63) is 0 Å². The maximum Gasteiger partial charge on any atom is 0.0637 e. The molecule has 4 fully saturated rings. The number of ether oxygens (including phenoxy) is 3. The van der Waals surface area contributed by atoms with Crippen molar-refractivity contribution in [1.29, 1.82) is 0 Å². The lowest BCUT2D eigenvalue weighted by atomic mass is 9.43. The summed E-state index contributed by atoms with van der Waals surface area (Å²) in [6.07, 6.45) is 35.0. The second-order valence-electron chi connectivity index (χ2n) is 19.9. The zero-order valence-electron chi connectivity index (χ0n) is 37.7. The number of hydrogen-bond acceptors (Lipinski definition) is 7. The van der Waals surface area contributed by atoms with E-state index in [-0.39, 0.29) is 5.41 Å². The SMILES string of the molecule is CCCCCCCCCCCCCCCCNCCC[C@@H](C)[C@H]1CC[C@H]2C3[C@H](OCCCN)CC4C[C@H](OCCCN)CC[C@]4(C)[C@H]3C[C@H](OCCCN)C12C. The van der Waals surface area contributed by atoms with Crippen LogP contribution < -0.4 is 22.5 Å². The van der Waals surface area contributed by atoms with Gasteiger partial charge in [0.2, 0.25) is 0 Å². The third kappa shape index (κ3) is 13.9. The lowest BCUT2D eigenvalue weighted by molar-refractivity contribution is -0.227. The quantitative estimate of drug-likeness (QED) is 0.0501. The smallest absolute Gasteiger partial charge is 0.0637 e. The van der Waals surface area contributed by atoms with Crippen molar-refractivity contribution >= 4 is 0 Å². The van der Waals surface area contributed by atoms with Gasteiger partial charge in [-0.2, -0.15) is 0 Å². The molecule has 0 aromatic rings. The number of rotatable bonds is 32. The standard InChI is InChI=1S/C49H96N4O3/c1-5-6-7-8-9-10-11-12-13-14-15-16-17-18-31-53-32-19-23-39(2)42-24-25-43-47-44(38-46(49(42,43)4)56-35-22-30-52)48(3)27-26-41(54-33-20-28-50)36-40(48)37-45(47)55-34-21-29-51/h39-47,53H,5-38,50-52H2,1-4H3/t39-,40?,41-,42-,43+,44+,45-,46+,47?,48+,49?/m1/s1. The summed E-state index contributed by atoms with van der Waals surface area (Å²) in [4.78, 5) is 0. The second-order valence-corrected chi connectivity index (χ2v) is 19.9. The van der Waals surface area contributed by atoms with Gasteiger partial charge in [0.25, 0.3) is 0 Å². The minimum atomic E-state index is 0.179. The number of nitrogens with two attached hydrogens (primary N) is 3. The molecule has 4 aliphatic carbocycles. The molecule has 0 spiro atoms. The molecule has 0 heterocycles. The van der Waals surface area contributed by atoms with E-state index in [9.17, 15) is 0 Å². The van der Waals surface area contributed by atoms with Gasteiger partial charge in [-0.15, -0.1) is 0 Å². The molecular formula is C49H96N4O3. The van der Waals surface area contributed by atoms with E-state index < -0.39 is 0 Å². The zero-order valence-corrected chi connectivity index (χ0v) is 37.7. The Balaban J connectivity index is 1.26. The highest BCUT2D eigenvalue weighted by Gasteiger charge is 2.66. The summed E-state index contributed by atoms with van der Waals surface area (Å²) in [7, 11) is 0. The van der Waals surface area contributed by atoms with E-state index in [0.717, 1.165) is 52.0 Å². The van der Waals surface area contributed by atoms with Gasteiger partial charge >= 0.3 is 0 Å². The lowest BCUT2D eigenvalue weighted by Gasteiger charge is -2.65. The van der Waals surface area contributed by atoms with Crippen LogP contribution in [0.1, 0.15) is 195 Å². The van der Waals surface area contributed by atoms with Crippen molar-refractivity contribution in [2.75, 3.05) is 52.5 Å². The molecule has 0 aromatic heterocycles. The molecule has 7 heteroatoms. The summed E-state index contributed by atoms with van der Waals surface area (Å²) in [5, 5.41) is 3.82. The van der Waals surface area contributed by atoms with E-state index in [1.165, 1.54) is 148 Å². The maximum atomic E-state index is 7.07. The Kier molecular flexibility index (Phi) is 23.2. The lowest BCUT2D eigenvalue weighted by Crippen LogP contribution is -2.63. The molecule has 0 saturated heterocycles. The van der Waals surface area contributed by atoms with Crippen LogP contribution in [0, 0.1) is 46.3 Å². The Morgan fingerprint density at radius 3 is 1.80 bits per heavy atom. The van der Waals surface area contributed by atoms with E-state index in [1.54, 1.807) is 0 Å². The van der Waals surface area contributed by atoms with Crippen molar-refractivity contribution in [2.45, 2.75) is 213 Å². The first-order valence-corrected chi connectivity index (χ1v) is 25.0. The van der Waals surface area contributed by atoms with Crippen LogP contribution in [0.5, 0.6) is 0 Å². The Morgan fingerprint density at radius 2 is 1.18 bits per heavy atom. The summed E-state index contributed by atoms with van der Waals surface area (Å²) < 4.78 is 20.5. The van der Waals surface area contributed by atoms with E-state index in [0.29, 0.717) is 78.9 Å². The molecule has 3 unspecified atom stereocenters. The number of hydrogen-bond donors (Lipinski definition) is 4. The van der Waals surface area contributed by atoms with E-state index >= 15 is 0 Å². The van der Waals surface area contributed by atoms with Gasteiger partial charge < -0.3 is 36.7 Å². The molecule has 330 valence electrons. The normalized spacial score (nSPS) is 33.3. The van der Waals surface area contributed by atoms with Crippen LogP contribution in [0.25, 0.3) is 0 Å².